The summed E-state index contributed by atoms with van der Waals surface area (Å²) in [5.41, 5.74) is 0. The van der Waals surface area contributed by atoms with Crippen molar-refractivity contribution in [2.75, 3.05) is 32.1 Å². The minimum Gasteiger partial charge on any atom is -0.369 e. The van der Waals surface area contributed by atoms with Gasteiger partial charge in [-0.3, -0.25) is 4.79 Å². The molecule has 5 nitrogen and oxygen atoms in total. The first kappa shape index (κ1) is 20.4. The van der Waals surface area contributed by atoms with Gasteiger partial charge in [0.15, 0.2) is 9.84 Å². The van der Waals surface area contributed by atoms with Crippen LogP contribution in [-0.4, -0.2) is 51.3 Å². The second kappa shape index (κ2) is 9.70. The molecule has 1 aliphatic rings. The van der Waals surface area contributed by atoms with Crippen molar-refractivity contribution in [2.45, 2.75) is 30.6 Å². The van der Waals surface area contributed by atoms with Gasteiger partial charge in [0, 0.05) is 19.5 Å². The molecule has 1 aliphatic heterocycles. The number of hydrogen-bond donors (Lipinski definition) is 0. The van der Waals surface area contributed by atoms with Crippen LogP contribution < -0.4 is 0 Å². The highest BCUT2D eigenvalue weighted by atomic mass is 32.2. The highest BCUT2D eigenvalue weighted by Gasteiger charge is 2.23. The molecule has 1 saturated heterocycles. The van der Waals surface area contributed by atoms with Crippen LogP contribution in [0.15, 0.2) is 29.2 Å². The van der Waals surface area contributed by atoms with Gasteiger partial charge in [-0.2, -0.15) is 0 Å². The molecule has 1 heterocycles. The zero-order valence-electron chi connectivity index (χ0n) is 14.7. The van der Waals surface area contributed by atoms with Gasteiger partial charge < -0.3 is 9.64 Å². The number of nitrogens with zero attached hydrogens (tertiary/aromatic N) is 1. The Kier molecular flexibility index (Phi) is 7.61. The van der Waals surface area contributed by atoms with Crippen molar-refractivity contribution in [3.63, 3.8) is 0 Å². The molecule has 0 spiro atoms. The minimum absolute atomic E-state index is 0.0256. The number of rotatable bonds is 8. The quantitative estimate of drug-likeness (QED) is 0.394. The molecule has 1 aromatic rings. The highest BCUT2D eigenvalue weighted by Crippen LogP contribution is 2.19. The van der Waals surface area contributed by atoms with Gasteiger partial charge >= 0.3 is 0 Å². The number of carbonyl (C=O) groups is 1. The maximum absolute atomic E-state index is 12.9. The van der Waals surface area contributed by atoms with Crippen molar-refractivity contribution in [1.82, 2.24) is 4.90 Å². The summed E-state index contributed by atoms with van der Waals surface area (Å²) in [6.45, 7) is 2.24. The first-order valence-corrected chi connectivity index (χ1v) is 10.3. The molecule has 2 rings (SSSR count). The third-order valence-corrected chi connectivity index (χ3v) is 6.30. The van der Waals surface area contributed by atoms with E-state index in [1.165, 1.54) is 12.1 Å². The molecule has 0 aliphatic carbocycles. The van der Waals surface area contributed by atoms with E-state index in [2.05, 4.69) is 5.92 Å². The number of benzene rings is 1. The van der Waals surface area contributed by atoms with E-state index >= 15 is 0 Å². The summed E-state index contributed by atoms with van der Waals surface area (Å²) in [5, 5.41) is 0. The Hall–Kier alpha value is -1.91. The summed E-state index contributed by atoms with van der Waals surface area (Å²) in [6, 6.07) is 4.74. The van der Waals surface area contributed by atoms with Crippen LogP contribution in [-0.2, 0) is 19.4 Å². The zero-order valence-corrected chi connectivity index (χ0v) is 15.5. The molecule has 142 valence electrons. The monoisotopic (exact) mass is 381 g/mol. The Morgan fingerprint density at radius 3 is 2.54 bits per heavy atom. The van der Waals surface area contributed by atoms with Gasteiger partial charge in [-0.05, 0) is 49.4 Å². The van der Waals surface area contributed by atoms with Crippen LogP contribution in [0.1, 0.15) is 25.7 Å². The van der Waals surface area contributed by atoms with Gasteiger partial charge in [-0.1, -0.05) is 5.92 Å². The minimum atomic E-state index is -3.50. The molecule has 1 fully saturated rings. The maximum atomic E-state index is 12.9. The van der Waals surface area contributed by atoms with Crippen molar-refractivity contribution >= 4 is 15.7 Å². The number of likely N-dealkylation sites (tertiary alicyclic amines) is 1. The van der Waals surface area contributed by atoms with E-state index in [0.717, 1.165) is 25.0 Å². The van der Waals surface area contributed by atoms with E-state index in [9.17, 15) is 17.6 Å². The normalized spacial score (nSPS) is 15.6. The van der Waals surface area contributed by atoms with Crippen LogP contribution in [0.5, 0.6) is 0 Å². The number of carbonyl (C=O) groups excluding carboxylic acids is 1. The third kappa shape index (κ3) is 6.11. The predicted octanol–water partition coefficient (Wildman–Crippen LogP) is 2.27. The molecule has 7 heteroatoms. The van der Waals surface area contributed by atoms with Crippen molar-refractivity contribution in [2.24, 2.45) is 5.92 Å². The van der Waals surface area contributed by atoms with Crippen molar-refractivity contribution in [1.29, 1.82) is 0 Å². The summed E-state index contributed by atoms with van der Waals surface area (Å²) < 4.78 is 42.6. The number of piperidine rings is 1. The van der Waals surface area contributed by atoms with Gasteiger partial charge in [0.25, 0.3) is 0 Å². The molecule has 0 atom stereocenters. The Morgan fingerprint density at radius 2 is 1.92 bits per heavy atom. The number of hydrogen-bond acceptors (Lipinski definition) is 4. The lowest BCUT2D eigenvalue weighted by Crippen LogP contribution is -2.39. The first-order chi connectivity index (χ1) is 12.4. The van der Waals surface area contributed by atoms with E-state index in [0.29, 0.717) is 32.2 Å². The molecule has 0 radical (unpaired) electrons. The van der Waals surface area contributed by atoms with Crippen LogP contribution in [0.2, 0.25) is 0 Å². The van der Waals surface area contributed by atoms with Crippen molar-refractivity contribution in [3.05, 3.63) is 30.1 Å². The molecule has 0 unspecified atom stereocenters. The standard InChI is InChI=1S/C19H24FNO4S/c1-2-13-25-15-16-9-11-21(12-10-16)19(22)4-3-14-26(23,24)18-7-5-17(20)6-8-18/h1,5-8,16H,3-4,9-15H2. The molecule has 1 amide bonds. The molecule has 1 aromatic carbocycles. The van der Waals surface area contributed by atoms with E-state index in [-0.39, 0.29) is 29.4 Å². The van der Waals surface area contributed by atoms with Crippen LogP contribution >= 0.6 is 0 Å². The Labute approximate surface area is 154 Å². The SMILES string of the molecule is C#CCOCC1CCN(C(=O)CCCS(=O)(=O)c2ccc(F)cc2)CC1. The first-order valence-electron chi connectivity index (χ1n) is 8.69. The molecule has 26 heavy (non-hydrogen) atoms. The summed E-state index contributed by atoms with van der Waals surface area (Å²) in [7, 11) is -3.50. The smallest absolute Gasteiger partial charge is 0.222 e. The van der Waals surface area contributed by atoms with Crippen LogP contribution in [0.25, 0.3) is 0 Å². The summed E-state index contributed by atoms with van der Waals surface area (Å²) in [4.78, 5) is 14.1. The molecular formula is C19H24FNO4S. The summed E-state index contributed by atoms with van der Waals surface area (Å²) in [6.07, 6.45) is 7.32. The maximum Gasteiger partial charge on any atom is 0.222 e. The van der Waals surface area contributed by atoms with Crippen LogP contribution in [0.3, 0.4) is 0 Å². The highest BCUT2D eigenvalue weighted by molar-refractivity contribution is 7.91. The Balaban J connectivity index is 1.72. The lowest BCUT2D eigenvalue weighted by molar-refractivity contribution is -0.132. The predicted molar refractivity (Wildman–Crippen MR) is 96.6 cm³/mol. The Morgan fingerprint density at radius 1 is 1.27 bits per heavy atom. The number of sulfone groups is 1. The lowest BCUT2D eigenvalue weighted by Gasteiger charge is -2.31. The Bertz CT molecular complexity index is 732. The molecule has 0 saturated carbocycles. The second-order valence-corrected chi connectivity index (χ2v) is 8.53. The fourth-order valence-electron chi connectivity index (χ4n) is 2.96. The number of amides is 1. The number of terminal acetylenes is 1. The van der Waals surface area contributed by atoms with Gasteiger partial charge in [-0.25, -0.2) is 12.8 Å². The lowest BCUT2D eigenvalue weighted by atomic mass is 9.97. The van der Waals surface area contributed by atoms with E-state index in [4.69, 9.17) is 11.2 Å². The van der Waals surface area contributed by atoms with E-state index in [1.54, 1.807) is 4.90 Å². The largest absolute Gasteiger partial charge is 0.369 e. The third-order valence-electron chi connectivity index (χ3n) is 4.48. The number of halogens is 1. The average Bonchev–Trinajstić information content (AvgIpc) is 2.62. The fraction of sp³-hybridized carbons (Fsp3) is 0.526. The van der Waals surface area contributed by atoms with Crippen molar-refractivity contribution < 1.29 is 22.3 Å². The van der Waals surface area contributed by atoms with Crippen molar-refractivity contribution in [3.8, 4) is 12.3 Å². The molecule has 0 aromatic heterocycles. The van der Waals surface area contributed by atoms with Gasteiger partial charge in [0.05, 0.1) is 17.3 Å². The zero-order chi connectivity index (χ0) is 19.0. The molecular weight excluding hydrogens is 357 g/mol. The van der Waals surface area contributed by atoms with E-state index in [1.807, 2.05) is 0 Å². The second-order valence-electron chi connectivity index (χ2n) is 6.42. The van der Waals surface area contributed by atoms with Crippen LogP contribution in [0.4, 0.5) is 4.39 Å². The fourth-order valence-corrected chi connectivity index (χ4v) is 4.28. The molecule has 0 N–H and O–H groups in total. The van der Waals surface area contributed by atoms with Gasteiger partial charge in [0.1, 0.15) is 12.4 Å². The van der Waals surface area contributed by atoms with E-state index < -0.39 is 15.7 Å². The van der Waals surface area contributed by atoms with Gasteiger partial charge in [-0.15, -0.1) is 6.42 Å². The topological polar surface area (TPSA) is 63.7 Å². The van der Waals surface area contributed by atoms with Crippen LogP contribution in [0, 0.1) is 24.1 Å². The molecule has 0 bridgehead atoms. The van der Waals surface area contributed by atoms with Gasteiger partial charge in [0.2, 0.25) is 5.91 Å². The average molecular weight is 381 g/mol. The number of ether oxygens (including phenoxy) is 1. The summed E-state index contributed by atoms with van der Waals surface area (Å²) in [5.74, 6) is 2.21. The summed E-state index contributed by atoms with van der Waals surface area (Å²) >= 11 is 0.